The van der Waals surface area contributed by atoms with Crippen molar-refractivity contribution in [2.75, 3.05) is 4.90 Å². The quantitative estimate of drug-likeness (QED) is 0.147. The van der Waals surface area contributed by atoms with Crippen LogP contribution in [0.3, 0.4) is 0 Å². The number of anilines is 3. The predicted octanol–water partition coefficient (Wildman–Crippen LogP) is 23.6. The second-order valence-corrected chi connectivity index (χ2v) is 30.5. The Labute approximate surface area is 494 Å². The van der Waals surface area contributed by atoms with Crippen molar-refractivity contribution in [1.29, 1.82) is 0 Å². The Morgan fingerprint density at radius 3 is 1.21 bits per heavy atom. The maximum atomic E-state index is 2.57. The van der Waals surface area contributed by atoms with E-state index in [1.54, 1.807) is 0 Å². The smallest absolute Gasteiger partial charge is 0.0549 e. The first kappa shape index (κ1) is 58.0. The van der Waals surface area contributed by atoms with Gasteiger partial charge < -0.3 is 4.90 Å². The normalized spacial score (nSPS) is 13.7. The van der Waals surface area contributed by atoms with Crippen LogP contribution in [0.1, 0.15) is 183 Å². The molecule has 0 bridgehead atoms. The van der Waals surface area contributed by atoms with Gasteiger partial charge in [-0.3, -0.25) is 0 Å². The lowest BCUT2D eigenvalue weighted by atomic mass is 9.77. The molecule has 0 atom stereocenters. The third-order valence-corrected chi connectivity index (χ3v) is 17.5. The monoisotopic (exact) mass is 1080 g/mol. The van der Waals surface area contributed by atoms with Gasteiger partial charge in [0.05, 0.1) is 5.69 Å². The number of nitrogens with zero attached hydrogens (tertiary/aromatic N) is 1. The summed E-state index contributed by atoms with van der Waals surface area (Å²) >= 11 is 0. The highest BCUT2D eigenvalue weighted by molar-refractivity contribution is 5.99. The molecule has 420 valence electrons. The van der Waals surface area contributed by atoms with Gasteiger partial charge in [0.25, 0.3) is 0 Å². The SMILES string of the molecule is CC(C)(C)c1cccc(-c2ccc(N(c3ccc4c(c3)C(C)(C)c3ccccc3-4)c3cc(C(C)(C)C)cc(-c4cc(-c5cc(-c6cc(C(C)(C)C)cc(C(C)(C)C)c6)cc(C(C)(C)C)c5)cc(C(C)(C)C)c4)c3-c3ccccc3)cc2)c1. The van der Waals surface area contributed by atoms with E-state index >= 15 is 0 Å². The summed E-state index contributed by atoms with van der Waals surface area (Å²) in [7, 11) is 0. The minimum Gasteiger partial charge on any atom is -0.310 e. The van der Waals surface area contributed by atoms with Gasteiger partial charge in [-0.2, -0.15) is 0 Å². The molecule has 0 saturated heterocycles. The summed E-state index contributed by atoms with van der Waals surface area (Å²) in [5.74, 6) is 0. The maximum absolute atomic E-state index is 2.57. The highest BCUT2D eigenvalue weighted by Crippen LogP contribution is 2.54. The third-order valence-electron chi connectivity index (χ3n) is 17.5. The standard InChI is InChI=1S/C81H91N/c1-75(2,3)60-30-26-29-54(41-60)52-33-35-66(36-34-52)82(67-37-38-69-68-31-24-25-32-71(68)81(19,20)72(69)51-67)73-50-65(80(16,17)18)49-70(74(73)53-27-22-21-23-28-53)59-40-57(44-62(47-59)77(7,8)9)55-39-56(43-61(42-55)76(4,5)6)58-45-63(78(10,11)12)48-64(46-58)79(13,14)15/h21-51H,1-20H3. The largest absolute Gasteiger partial charge is 0.310 e. The van der Waals surface area contributed by atoms with Gasteiger partial charge in [0, 0.05) is 22.4 Å². The van der Waals surface area contributed by atoms with E-state index in [2.05, 4.69) is 331 Å². The fourth-order valence-electron chi connectivity index (χ4n) is 12.0. The molecule has 1 heteroatoms. The first-order valence-electron chi connectivity index (χ1n) is 30.1. The van der Waals surface area contributed by atoms with Gasteiger partial charge in [0.2, 0.25) is 0 Å². The van der Waals surface area contributed by atoms with Crippen molar-refractivity contribution in [3.8, 4) is 66.8 Å². The highest BCUT2D eigenvalue weighted by Gasteiger charge is 2.37. The molecular formula is C81H91N. The molecule has 0 aromatic heterocycles. The van der Waals surface area contributed by atoms with Gasteiger partial charge in [-0.1, -0.05) is 278 Å². The fraction of sp³-hybridized carbons (Fsp3) is 0.333. The van der Waals surface area contributed by atoms with E-state index in [4.69, 9.17) is 0 Å². The lowest BCUT2D eigenvalue weighted by molar-refractivity contribution is 0.569. The molecule has 0 fully saturated rings. The Bertz CT molecular complexity index is 3820. The Morgan fingerprint density at radius 2 is 0.671 bits per heavy atom. The van der Waals surface area contributed by atoms with Crippen LogP contribution in [0, 0.1) is 0 Å². The van der Waals surface area contributed by atoms with Crippen LogP contribution in [0.5, 0.6) is 0 Å². The predicted molar refractivity (Wildman–Crippen MR) is 358 cm³/mol. The molecule has 0 N–H and O–H groups in total. The van der Waals surface area contributed by atoms with E-state index in [1.165, 1.54) is 111 Å². The first-order valence-corrected chi connectivity index (χ1v) is 30.1. The second-order valence-electron chi connectivity index (χ2n) is 30.5. The van der Waals surface area contributed by atoms with Crippen LogP contribution in [0.15, 0.2) is 188 Å². The Balaban J connectivity index is 1.27. The molecule has 0 radical (unpaired) electrons. The zero-order chi connectivity index (χ0) is 59.3. The van der Waals surface area contributed by atoms with Gasteiger partial charge in [-0.05, 0) is 187 Å². The van der Waals surface area contributed by atoms with Crippen molar-refractivity contribution in [2.45, 2.75) is 176 Å². The molecule has 10 rings (SSSR count). The van der Waals surface area contributed by atoms with Crippen LogP contribution in [0.2, 0.25) is 0 Å². The minimum atomic E-state index is -0.193. The zero-order valence-corrected chi connectivity index (χ0v) is 53.3. The average Bonchev–Trinajstić information content (AvgIpc) is 3.53. The van der Waals surface area contributed by atoms with E-state index in [-0.39, 0.29) is 37.9 Å². The Morgan fingerprint density at radius 1 is 0.256 bits per heavy atom. The topological polar surface area (TPSA) is 3.24 Å². The van der Waals surface area contributed by atoms with E-state index in [9.17, 15) is 0 Å². The maximum Gasteiger partial charge on any atom is 0.0549 e. The molecule has 1 aliphatic rings. The van der Waals surface area contributed by atoms with Crippen LogP contribution in [-0.4, -0.2) is 0 Å². The lowest BCUT2D eigenvalue weighted by Crippen LogP contribution is -2.18. The first-order chi connectivity index (χ1) is 38.2. The van der Waals surface area contributed by atoms with Gasteiger partial charge in [0.15, 0.2) is 0 Å². The molecule has 0 aliphatic heterocycles. The van der Waals surface area contributed by atoms with Gasteiger partial charge in [0.1, 0.15) is 0 Å². The summed E-state index contributed by atoms with van der Waals surface area (Å²) in [5, 5.41) is 0. The van der Waals surface area contributed by atoms with Crippen molar-refractivity contribution < 1.29 is 0 Å². The van der Waals surface area contributed by atoms with Gasteiger partial charge in [-0.15, -0.1) is 0 Å². The average molecular weight is 1080 g/mol. The molecule has 0 unspecified atom stereocenters. The number of hydrogen-bond donors (Lipinski definition) is 0. The third kappa shape index (κ3) is 11.5. The summed E-state index contributed by atoms with van der Waals surface area (Å²) in [6.07, 6.45) is 0. The molecule has 1 nitrogen and oxygen atoms in total. The number of hydrogen-bond acceptors (Lipinski definition) is 1. The summed E-state index contributed by atoms with van der Waals surface area (Å²) < 4.78 is 0. The molecule has 1 aliphatic carbocycles. The van der Waals surface area contributed by atoms with E-state index < -0.39 is 0 Å². The van der Waals surface area contributed by atoms with Crippen molar-refractivity contribution in [2.24, 2.45) is 0 Å². The van der Waals surface area contributed by atoms with Crippen molar-refractivity contribution in [1.82, 2.24) is 0 Å². The van der Waals surface area contributed by atoms with Crippen LogP contribution in [0.4, 0.5) is 17.1 Å². The summed E-state index contributed by atoms with van der Waals surface area (Å²) in [5.41, 5.74) is 28.4. The molecule has 82 heavy (non-hydrogen) atoms. The number of fused-ring (bicyclic) bond motifs is 3. The van der Waals surface area contributed by atoms with Crippen molar-refractivity contribution in [3.63, 3.8) is 0 Å². The Kier molecular flexibility index (Phi) is 14.6. The van der Waals surface area contributed by atoms with E-state index in [1.807, 2.05) is 0 Å². The molecule has 9 aromatic carbocycles. The van der Waals surface area contributed by atoms with E-state index in [0.29, 0.717) is 0 Å². The van der Waals surface area contributed by atoms with Crippen LogP contribution in [-0.2, 0) is 37.9 Å². The van der Waals surface area contributed by atoms with Crippen LogP contribution in [0.25, 0.3) is 66.8 Å². The molecule has 0 spiro atoms. The van der Waals surface area contributed by atoms with Crippen molar-refractivity contribution >= 4 is 17.1 Å². The zero-order valence-electron chi connectivity index (χ0n) is 53.3. The van der Waals surface area contributed by atoms with Crippen LogP contribution < -0.4 is 4.90 Å². The molecule has 0 heterocycles. The summed E-state index contributed by atoms with van der Waals surface area (Å²) in [6.45, 7) is 47.0. The molecule has 0 saturated carbocycles. The van der Waals surface area contributed by atoms with E-state index in [0.717, 1.165) is 17.1 Å². The van der Waals surface area contributed by atoms with Gasteiger partial charge >= 0.3 is 0 Å². The number of benzene rings is 9. The molecule has 9 aromatic rings. The highest BCUT2D eigenvalue weighted by atomic mass is 15.1. The van der Waals surface area contributed by atoms with Gasteiger partial charge in [-0.25, -0.2) is 0 Å². The summed E-state index contributed by atoms with van der Waals surface area (Å²) in [6, 6.07) is 73.1. The lowest BCUT2D eigenvalue weighted by Gasteiger charge is -2.33. The summed E-state index contributed by atoms with van der Waals surface area (Å²) in [4.78, 5) is 2.57. The molecule has 0 amide bonds. The van der Waals surface area contributed by atoms with Crippen molar-refractivity contribution in [3.05, 3.63) is 233 Å². The number of rotatable bonds is 8. The molecular weight excluding hydrogens is 987 g/mol. The van der Waals surface area contributed by atoms with Crippen LogP contribution >= 0.6 is 0 Å². The minimum absolute atomic E-state index is 0.00597. The fourth-order valence-corrected chi connectivity index (χ4v) is 12.0. The Hall–Kier alpha value is -7.22. The second kappa shape index (κ2) is 20.6.